The minimum atomic E-state index is -0.102. The van der Waals surface area contributed by atoms with Crippen LogP contribution in [0.15, 0.2) is 23.1 Å². The van der Waals surface area contributed by atoms with Crippen molar-refractivity contribution >= 4 is 40.3 Å². The van der Waals surface area contributed by atoms with Crippen LogP contribution >= 0.6 is 24.0 Å². The second kappa shape index (κ2) is 4.39. The fraction of sp³-hybridized carbons (Fsp3) is 0.167. The molecule has 16 heavy (non-hydrogen) atoms. The number of thioether (sulfide) groups is 1. The molecule has 0 bridgehead atoms. The number of hydrogen-bond acceptors (Lipinski definition) is 3. The van der Waals surface area contributed by atoms with E-state index in [1.807, 2.05) is 25.1 Å². The molecule has 1 aromatic rings. The van der Waals surface area contributed by atoms with Gasteiger partial charge in [0.15, 0.2) is 0 Å². The zero-order valence-corrected chi connectivity index (χ0v) is 10.7. The molecule has 1 amide bonds. The third kappa shape index (κ3) is 2.33. The van der Waals surface area contributed by atoms with Gasteiger partial charge < -0.3 is 5.32 Å². The zero-order valence-electron chi connectivity index (χ0n) is 9.03. The minimum Gasteiger partial charge on any atom is -0.307 e. The van der Waals surface area contributed by atoms with E-state index >= 15 is 0 Å². The molecular formula is C12H11NOS2. The molecule has 0 saturated carbocycles. The average molecular weight is 249 g/mol. The SMILES string of the molecule is Cc1ccc(C=C2SC(=S)NC2=O)c(C)c1. The number of hydrogen-bond donors (Lipinski definition) is 1. The fourth-order valence-corrected chi connectivity index (χ4v) is 2.58. The number of amides is 1. The van der Waals surface area contributed by atoms with Gasteiger partial charge in [-0.25, -0.2) is 0 Å². The van der Waals surface area contributed by atoms with Crippen molar-refractivity contribution in [2.24, 2.45) is 0 Å². The number of thiocarbonyl (C=S) groups is 1. The molecule has 0 aromatic heterocycles. The standard InChI is InChI=1S/C12H11NOS2/c1-7-3-4-9(8(2)5-7)6-10-11(14)13-12(15)16-10/h3-6H,1-2H3,(H,13,14,15). The second-order valence-corrected chi connectivity index (χ2v) is 5.43. The maximum absolute atomic E-state index is 11.5. The van der Waals surface area contributed by atoms with E-state index in [0.717, 1.165) is 5.56 Å². The molecule has 0 radical (unpaired) electrons. The number of nitrogens with one attached hydrogen (secondary N) is 1. The van der Waals surface area contributed by atoms with Gasteiger partial charge in [-0.1, -0.05) is 47.7 Å². The third-order valence-corrected chi connectivity index (χ3v) is 3.52. The molecule has 1 heterocycles. The first-order valence-electron chi connectivity index (χ1n) is 4.88. The summed E-state index contributed by atoms with van der Waals surface area (Å²) in [7, 11) is 0. The molecule has 1 aromatic carbocycles. The third-order valence-electron chi connectivity index (χ3n) is 2.35. The monoisotopic (exact) mass is 249 g/mol. The number of benzene rings is 1. The number of carbonyl (C=O) groups is 1. The van der Waals surface area contributed by atoms with Gasteiger partial charge in [-0.05, 0) is 31.1 Å². The van der Waals surface area contributed by atoms with Crippen LogP contribution in [-0.4, -0.2) is 10.2 Å². The molecule has 4 heteroatoms. The van der Waals surface area contributed by atoms with Gasteiger partial charge in [0.05, 0.1) is 4.91 Å². The van der Waals surface area contributed by atoms with Crippen LogP contribution in [0.3, 0.4) is 0 Å². The van der Waals surface area contributed by atoms with E-state index in [0.29, 0.717) is 9.23 Å². The van der Waals surface area contributed by atoms with E-state index in [2.05, 4.69) is 18.3 Å². The number of rotatable bonds is 1. The van der Waals surface area contributed by atoms with E-state index in [-0.39, 0.29) is 5.91 Å². The summed E-state index contributed by atoms with van der Waals surface area (Å²) in [6.07, 6.45) is 1.88. The van der Waals surface area contributed by atoms with Gasteiger partial charge in [-0.2, -0.15) is 0 Å². The Morgan fingerprint density at radius 3 is 2.69 bits per heavy atom. The molecule has 0 aliphatic carbocycles. The molecule has 2 rings (SSSR count). The largest absolute Gasteiger partial charge is 0.307 e. The number of aryl methyl sites for hydroxylation is 2. The van der Waals surface area contributed by atoms with E-state index in [9.17, 15) is 4.79 Å². The Hall–Kier alpha value is -1.13. The van der Waals surface area contributed by atoms with Gasteiger partial charge in [-0.3, -0.25) is 4.79 Å². The number of carbonyl (C=O) groups excluding carboxylic acids is 1. The Morgan fingerprint density at radius 1 is 1.38 bits per heavy atom. The topological polar surface area (TPSA) is 29.1 Å². The predicted molar refractivity (Wildman–Crippen MR) is 72.2 cm³/mol. The maximum atomic E-state index is 11.5. The van der Waals surface area contributed by atoms with Crippen molar-refractivity contribution in [2.45, 2.75) is 13.8 Å². The molecule has 82 valence electrons. The van der Waals surface area contributed by atoms with Crippen LogP contribution in [0.4, 0.5) is 0 Å². The summed E-state index contributed by atoms with van der Waals surface area (Å²) in [5.41, 5.74) is 3.45. The normalized spacial score (nSPS) is 18.0. The summed E-state index contributed by atoms with van der Waals surface area (Å²) in [5.74, 6) is -0.102. The van der Waals surface area contributed by atoms with Gasteiger partial charge in [0, 0.05) is 0 Å². The molecule has 1 N–H and O–H groups in total. The van der Waals surface area contributed by atoms with Crippen LogP contribution in [0.2, 0.25) is 0 Å². The quantitative estimate of drug-likeness (QED) is 0.613. The van der Waals surface area contributed by atoms with Crippen LogP contribution in [0, 0.1) is 13.8 Å². The second-order valence-electron chi connectivity index (χ2n) is 3.71. The Kier molecular flexibility index (Phi) is 3.12. The highest BCUT2D eigenvalue weighted by atomic mass is 32.2. The molecule has 0 unspecified atom stereocenters. The first-order chi connectivity index (χ1) is 7.56. The zero-order chi connectivity index (χ0) is 11.7. The maximum Gasteiger partial charge on any atom is 0.263 e. The fourth-order valence-electron chi connectivity index (χ4n) is 1.55. The first kappa shape index (κ1) is 11.4. The predicted octanol–water partition coefficient (Wildman–Crippen LogP) is 2.79. The van der Waals surface area contributed by atoms with Crippen LogP contribution in [0.1, 0.15) is 16.7 Å². The van der Waals surface area contributed by atoms with Crippen LogP contribution in [0.25, 0.3) is 6.08 Å². The Balaban J connectivity index is 2.36. The van der Waals surface area contributed by atoms with Crippen molar-refractivity contribution in [1.82, 2.24) is 5.32 Å². The van der Waals surface area contributed by atoms with E-state index in [1.165, 1.54) is 22.9 Å². The molecule has 1 aliphatic rings. The summed E-state index contributed by atoms with van der Waals surface area (Å²) >= 11 is 6.25. The van der Waals surface area contributed by atoms with E-state index in [4.69, 9.17) is 12.2 Å². The lowest BCUT2D eigenvalue weighted by Crippen LogP contribution is -2.17. The van der Waals surface area contributed by atoms with Crippen molar-refractivity contribution in [3.05, 3.63) is 39.8 Å². The van der Waals surface area contributed by atoms with Gasteiger partial charge >= 0.3 is 0 Å². The van der Waals surface area contributed by atoms with Crippen molar-refractivity contribution in [3.63, 3.8) is 0 Å². The van der Waals surface area contributed by atoms with Crippen LogP contribution < -0.4 is 5.32 Å². The van der Waals surface area contributed by atoms with Crippen LogP contribution in [0.5, 0.6) is 0 Å². The van der Waals surface area contributed by atoms with E-state index < -0.39 is 0 Å². The van der Waals surface area contributed by atoms with Gasteiger partial charge in [0.25, 0.3) is 5.91 Å². The van der Waals surface area contributed by atoms with Crippen molar-refractivity contribution in [3.8, 4) is 0 Å². The van der Waals surface area contributed by atoms with Crippen molar-refractivity contribution < 1.29 is 4.79 Å². The highest BCUT2D eigenvalue weighted by molar-refractivity contribution is 8.26. The first-order valence-corrected chi connectivity index (χ1v) is 6.11. The van der Waals surface area contributed by atoms with Gasteiger partial charge in [0.2, 0.25) is 0 Å². The summed E-state index contributed by atoms with van der Waals surface area (Å²) < 4.78 is 0.529. The van der Waals surface area contributed by atoms with Crippen molar-refractivity contribution in [2.75, 3.05) is 0 Å². The smallest absolute Gasteiger partial charge is 0.263 e. The van der Waals surface area contributed by atoms with Gasteiger partial charge in [-0.15, -0.1) is 0 Å². The highest BCUT2D eigenvalue weighted by Gasteiger charge is 2.21. The van der Waals surface area contributed by atoms with Gasteiger partial charge in [0.1, 0.15) is 4.32 Å². The molecule has 1 saturated heterocycles. The molecule has 1 fully saturated rings. The lowest BCUT2D eigenvalue weighted by molar-refractivity contribution is -0.115. The lowest BCUT2D eigenvalue weighted by Gasteiger charge is -2.02. The van der Waals surface area contributed by atoms with Crippen molar-refractivity contribution in [1.29, 1.82) is 0 Å². The Morgan fingerprint density at radius 2 is 2.12 bits per heavy atom. The van der Waals surface area contributed by atoms with Crippen LogP contribution in [-0.2, 0) is 4.79 Å². The Bertz CT molecular complexity index is 506. The summed E-state index contributed by atoms with van der Waals surface area (Å²) in [4.78, 5) is 12.1. The Labute approximate surface area is 104 Å². The summed E-state index contributed by atoms with van der Waals surface area (Å²) in [6.45, 7) is 4.09. The summed E-state index contributed by atoms with van der Waals surface area (Å²) in [6, 6.07) is 6.16. The highest BCUT2D eigenvalue weighted by Crippen LogP contribution is 2.26. The molecule has 0 spiro atoms. The molecular weight excluding hydrogens is 238 g/mol. The van der Waals surface area contributed by atoms with E-state index in [1.54, 1.807) is 0 Å². The lowest BCUT2D eigenvalue weighted by atomic mass is 10.1. The minimum absolute atomic E-state index is 0.102. The average Bonchev–Trinajstić information content (AvgIpc) is 2.50. The molecule has 2 nitrogen and oxygen atoms in total. The summed E-state index contributed by atoms with van der Waals surface area (Å²) in [5, 5.41) is 2.61. The molecule has 0 atom stereocenters. The molecule has 1 aliphatic heterocycles.